The smallest absolute Gasteiger partial charge is 0.139 e. The summed E-state index contributed by atoms with van der Waals surface area (Å²) in [5, 5.41) is 14.6. The molecule has 0 saturated carbocycles. The van der Waals surface area contributed by atoms with E-state index in [1.807, 2.05) is 30.3 Å². The topological polar surface area (TPSA) is 32.3 Å². The van der Waals surface area contributed by atoms with Crippen molar-refractivity contribution in [2.24, 2.45) is 0 Å². The summed E-state index contributed by atoms with van der Waals surface area (Å²) in [5.41, 5.74) is 0.679. The minimum absolute atomic E-state index is 0.239. The van der Waals surface area contributed by atoms with E-state index >= 15 is 0 Å². The van der Waals surface area contributed by atoms with Crippen molar-refractivity contribution < 1.29 is 5.11 Å². The van der Waals surface area contributed by atoms with Gasteiger partial charge in [0, 0.05) is 0 Å². The lowest BCUT2D eigenvalue weighted by molar-refractivity contribution is 0.478. The van der Waals surface area contributed by atoms with Crippen molar-refractivity contribution in [2.45, 2.75) is 0 Å². The van der Waals surface area contributed by atoms with Crippen LogP contribution in [0.2, 0.25) is 0 Å². The molecule has 2 rings (SSSR count). The van der Waals surface area contributed by atoms with E-state index in [9.17, 15) is 5.11 Å². The number of fused-ring (bicyclic) bond motifs is 1. The fourth-order valence-corrected chi connectivity index (χ4v) is 1.45. The lowest BCUT2D eigenvalue weighted by atomic mass is 10.1. The normalized spacial score (nSPS) is 10.0. The van der Waals surface area contributed by atoms with Gasteiger partial charge in [-0.3, -0.25) is 0 Å². The van der Waals surface area contributed by atoms with Crippen molar-refractivity contribution >= 4 is 16.5 Å². The summed E-state index contributed by atoms with van der Waals surface area (Å²) in [7, 11) is 0. The molecule has 0 aromatic heterocycles. The molecule has 2 nitrogen and oxygen atoms in total. The number of nitrogens with one attached hydrogen (secondary N) is 1. The number of benzene rings is 2. The molecule has 0 fully saturated rings. The third kappa shape index (κ3) is 1.42. The number of hydrogen-bond acceptors (Lipinski definition) is 2. The zero-order valence-corrected chi connectivity index (χ0v) is 7.70. The fraction of sp³-hybridized carbons (Fsp3) is 0. The van der Waals surface area contributed by atoms with Gasteiger partial charge >= 0.3 is 0 Å². The van der Waals surface area contributed by atoms with Crippen LogP contribution in [0, 0.1) is 0 Å². The Morgan fingerprint density at radius 1 is 1.14 bits per heavy atom. The van der Waals surface area contributed by atoms with Crippen LogP contribution >= 0.6 is 0 Å². The zero-order chi connectivity index (χ0) is 9.97. The standard InChI is InChI=1S/C12H11NO/c1-2-13-11-7-9-5-3-4-6-10(9)8-12(11)14/h2-8,13-14H,1H2. The molecular formula is C12H11NO. The first-order chi connectivity index (χ1) is 6.81. The minimum Gasteiger partial charge on any atom is -0.506 e. The number of phenols is 1. The Balaban J connectivity index is 2.64. The second-order valence-corrected chi connectivity index (χ2v) is 3.06. The van der Waals surface area contributed by atoms with Gasteiger partial charge in [0.15, 0.2) is 0 Å². The van der Waals surface area contributed by atoms with Gasteiger partial charge in [-0.05, 0) is 29.1 Å². The minimum atomic E-state index is 0.239. The highest BCUT2D eigenvalue weighted by atomic mass is 16.3. The molecule has 2 aromatic rings. The maximum absolute atomic E-state index is 9.63. The molecule has 2 heteroatoms. The second-order valence-electron chi connectivity index (χ2n) is 3.06. The third-order valence-corrected chi connectivity index (χ3v) is 2.12. The molecule has 0 amide bonds. The first kappa shape index (κ1) is 8.63. The van der Waals surface area contributed by atoms with Gasteiger partial charge < -0.3 is 10.4 Å². The summed E-state index contributed by atoms with van der Waals surface area (Å²) in [4.78, 5) is 0. The lowest BCUT2D eigenvalue weighted by Crippen LogP contribution is -1.86. The summed E-state index contributed by atoms with van der Waals surface area (Å²) in [6.45, 7) is 3.55. The summed E-state index contributed by atoms with van der Waals surface area (Å²) in [5.74, 6) is 0.239. The Kier molecular flexibility index (Phi) is 2.11. The second kappa shape index (κ2) is 3.42. The summed E-state index contributed by atoms with van der Waals surface area (Å²) in [6, 6.07) is 11.5. The predicted molar refractivity (Wildman–Crippen MR) is 59.4 cm³/mol. The Morgan fingerprint density at radius 2 is 1.79 bits per heavy atom. The van der Waals surface area contributed by atoms with Gasteiger partial charge in [0.2, 0.25) is 0 Å². The summed E-state index contributed by atoms with van der Waals surface area (Å²) >= 11 is 0. The van der Waals surface area contributed by atoms with Crippen LogP contribution in [0.1, 0.15) is 0 Å². The molecule has 0 atom stereocenters. The van der Waals surface area contributed by atoms with Gasteiger partial charge in [0.25, 0.3) is 0 Å². The Morgan fingerprint density at radius 3 is 2.43 bits per heavy atom. The van der Waals surface area contributed by atoms with E-state index in [4.69, 9.17) is 0 Å². The molecule has 0 radical (unpaired) electrons. The SMILES string of the molecule is C=CNc1cc2ccccc2cc1O. The van der Waals surface area contributed by atoms with Gasteiger partial charge in [-0.25, -0.2) is 0 Å². The molecule has 14 heavy (non-hydrogen) atoms. The first-order valence-corrected chi connectivity index (χ1v) is 4.40. The van der Waals surface area contributed by atoms with Crippen LogP contribution in [0.25, 0.3) is 10.8 Å². The fourth-order valence-electron chi connectivity index (χ4n) is 1.45. The van der Waals surface area contributed by atoms with E-state index in [0.717, 1.165) is 10.8 Å². The van der Waals surface area contributed by atoms with E-state index in [1.165, 1.54) is 0 Å². The Hall–Kier alpha value is -1.96. The molecule has 0 spiro atoms. The quantitative estimate of drug-likeness (QED) is 0.704. The summed E-state index contributed by atoms with van der Waals surface area (Å²) < 4.78 is 0. The van der Waals surface area contributed by atoms with Crippen LogP contribution in [-0.4, -0.2) is 5.11 Å². The molecule has 0 saturated heterocycles. The Bertz CT molecular complexity index is 477. The number of anilines is 1. The van der Waals surface area contributed by atoms with Crippen LogP contribution in [0.15, 0.2) is 49.2 Å². The van der Waals surface area contributed by atoms with Crippen molar-refractivity contribution in [3.05, 3.63) is 49.2 Å². The van der Waals surface area contributed by atoms with Crippen molar-refractivity contribution in [3.8, 4) is 5.75 Å². The van der Waals surface area contributed by atoms with Gasteiger partial charge in [0.05, 0.1) is 5.69 Å². The van der Waals surface area contributed by atoms with Gasteiger partial charge in [0.1, 0.15) is 5.75 Å². The number of aromatic hydroxyl groups is 1. The van der Waals surface area contributed by atoms with E-state index < -0.39 is 0 Å². The summed E-state index contributed by atoms with van der Waals surface area (Å²) in [6.07, 6.45) is 1.55. The molecule has 0 aliphatic rings. The molecule has 0 aliphatic carbocycles. The van der Waals surface area contributed by atoms with Crippen LogP contribution in [0.3, 0.4) is 0 Å². The largest absolute Gasteiger partial charge is 0.506 e. The van der Waals surface area contributed by atoms with Crippen molar-refractivity contribution in [3.63, 3.8) is 0 Å². The lowest BCUT2D eigenvalue weighted by Gasteiger charge is -2.05. The van der Waals surface area contributed by atoms with Crippen LogP contribution in [-0.2, 0) is 0 Å². The van der Waals surface area contributed by atoms with E-state index in [-0.39, 0.29) is 5.75 Å². The molecule has 2 aromatic carbocycles. The molecule has 0 unspecified atom stereocenters. The molecule has 2 N–H and O–H groups in total. The van der Waals surface area contributed by atoms with Crippen molar-refractivity contribution in [2.75, 3.05) is 5.32 Å². The molecule has 0 bridgehead atoms. The van der Waals surface area contributed by atoms with E-state index in [1.54, 1.807) is 12.3 Å². The van der Waals surface area contributed by atoms with Crippen LogP contribution in [0.4, 0.5) is 5.69 Å². The predicted octanol–water partition coefficient (Wildman–Crippen LogP) is 3.10. The van der Waals surface area contributed by atoms with Crippen molar-refractivity contribution in [1.82, 2.24) is 0 Å². The van der Waals surface area contributed by atoms with E-state index in [2.05, 4.69) is 11.9 Å². The highest BCUT2D eigenvalue weighted by Crippen LogP contribution is 2.28. The molecule has 70 valence electrons. The molecule has 0 heterocycles. The zero-order valence-electron chi connectivity index (χ0n) is 7.70. The maximum atomic E-state index is 9.63. The number of rotatable bonds is 2. The molecule has 0 aliphatic heterocycles. The number of phenolic OH excluding ortho intramolecular Hbond substituents is 1. The van der Waals surface area contributed by atoms with Gasteiger partial charge in [-0.2, -0.15) is 0 Å². The van der Waals surface area contributed by atoms with Crippen molar-refractivity contribution in [1.29, 1.82) is 0 Å². The van der Waals surface area contributed by atoms with Crippen LogP contribution in [0.5, 0.6) is 5.75 Å². The average molecular weight is 185 g/mol. The highest BCUT2D eigenvalue weighted by molar-refractivity contribution is 5.88. The molecular weight excluding hydrogens is 174 g/mol. The highest BCUT2D eigenvalue weighted by Gasteiger charge is 2.00. The van der Waals surface area contributed by atoms with Gasteiger partial charge in [-0.1, -0.05) is 30.8 Å². The first-order valence-electron chi connectivity index (χ1n) is 4.40. The van der Waals surface area contributed by atoms with Gasteiger partial charge in [-0.15, -0.1) is 0 Å². The average Bonchev–Trinajstić information content (AvgIpc) is 2.19. The van der Waals surface area contributed by atoms with E-state index in [0.29, 0.717) is 5.69 Å². The third-order valence-electron chi connectivity index (χ3n) is 2.12. The Labute approximate surface area is 82.5 Å². The number of hydrogen-bond donors (Lipinski definition) is 2. The van der Waals surface area contributed by atoms with Crippen LogP contribution < -0.4 is 5.32 Å². The maximum Gasteiger partial charge on any atom is 0.139 e. The monoisotopic (exact) mass is 185 g/mol.